The Balaban J connectivity index is 2.71. The highest BCUT2D eigenvalue weighted by atomic mass is 35.5. The zero-order chi connectivity index (χ0) is 18.0. The van der Waals surface area contributed by atoms with E-state index in [1.54, 1.807) is 20.9 Å². The molecule has 1 aromatic carbocycles. The fraction of sp³-hybridized carbons (Fsp3) is 0.412. The van der Waals surface area contributed by atoms with Crippen LogP contribution in [0.4, 0.5) is 4.39 Å². The SMILES string of the molecule is CCCc1cc(=O)n(-c2cc(OC(C)C)c(Cl)cc2F)c(=O)n1C. The van der Waals surface area contributed by atoms with Crippen LogP contribution in [-0.4, -0.2) is 15.2 Å². The Hall–Kier alpha value is -2.08. The van der Waals surface area contributed by atoms with Crippen molar-refractivity contribution in [3.05, 3.63) is 55.6 Å². The van der Waals surface area contributed by atoms with Crippen LogP contribution in [-0.2, 0) is 13.5 Å². The number of halogens is 2. The third-order valence-electron chi connectivity index (χ3n) is 3.53. The summed E-state index contributed by atoms with van der Waals surface area (Å²) in [5.41, 5.74) is -0.763. The maximum Gasteiger partial charge on any atom is 0.335 e. The third-order valence-corrected chi connectivity index (χ3v) is 3.83. The van der Waals surface area contributed by atoms with E-state index in [1.807, 2.05) is 6.92 Å². The molecule has 0 N–H and O–H groups in total. The highest BCUT2D eigenvalue weighted by Gasteiger charge is 2.17. The maximum atomic E-state index is 14.3. The smallest absolute Gasteiger partial charge is 0.335 e. The molecule has 0 saturated carbocycles. The Bertz CT molecular complexity index is 871. The van der Waals surface area contributed by atoms with Crippen LogP contribution in [0.15, 0.2) is 27.8 Å². The molecule has 0 atom stereocenters. The normalized spacial score (nSPS) is 11.1. The molecule has 2 rings (SSSR count). The van der Waals surface area contributed by atoms with Gasteiger partial charge in [-0.1, -0.05) is 24.9 Å². The number of nitrogens with zero attached hydrogens (tertiary/aromatic N) is 2. The summed E-state index contributed by atoms with van der Waals surface area (Å²) >= 11 is 5.97. The molecule has 0 fully saturated rings. The predicted molar refractivity (Wildman–Crippen MR) is 92.0 cm³/mol. The van der Waals surface area contributed by atoms with Gasteiger partial charge in [0, 0.05) is 24.9 Å². The topological polar surface area (TPSA) is 53.2 Å². The van der Waals surface area contributed by atoms with Gasteiger partial charge in [-0.05, 0) is 26.3 Å². The van der Waals surface area contributed by atoms with Crippen molar-refractivity contribution in [2.45, 2.75) is 39.7 Å². The first-order valence-corrected chi connectivity index (χ1v) is 8.12. The maximum absolute atomic E-state index is 14.3. The first kappa shape index (κ1) is 18.3. The first-order valence-electron chi connectivity index (χ1n) is 7.74. The minimum absolute atomic E-state index is 0.0810. The Kier molecular flexibility index (Phi) is 5.49. The molecular formula is C17H20ClFN2O3. The second-order valence-corrected chi connectivity index (χ2v) is 6.21. The van der Waals surface area contributed by atoms with E-state index in [9.17, 15) is 14.0 Å². The van der Waals surface area contributed by atoms with Crippen LogP contribution in [0.25, 0.3) is 5.69 Å². The van der Waals surface area contributed by atoms with Crippen molar-refractivity contribution in [2.75, 3.05) is 0 Å². The summed E-state index contributed by atoms with van der Waals surface area (Å²) < 4.78 is 22.0. The molecule has 0 aliphatic rings. The van der Waals surface area contributed by atoms with E-state index in [2.05, 4.69) is 0 Å². The van der Waals surface area contributed by atoms with Gasteiger partial charge in [-0.15, -0.1) is 0 Å². The van der Waals surface area contributed by atoms with Crippen molar-refractivity contribution in [3.8, 4) is 11.4 Å². The van der Waals surface area contributed by atoms with Crippen molar-refractivity contribution >= 4 is 11.6 Å². The van der Waals surface area contributed by atoms with Gasteiger partial charge < -0.3 is 9.30 Å². The molecule has 0 bridgehead atoms. The molecule has 0 aliphatic carbocycles. The standard InChI is InChI=1S/C17H20ClFN2O3/c1-5-6-11-7-16(22)21(17(23)20(11)4)14-9-15(24-10(2)3)12(18)8-13(14)19/h7-10H,5-6H2,1-4H3. The van der Waals surface area contributed by atoms with E-state index in [1.165, 1.54) is 16.7 Å². The first-order chi connectivity index (χ1) is 11.3. The van der Waals surface area contributed by atoms with E-state index in [0.717, 1.165) is 17.1 Å². The Morgan fingerprint density at radius 3 is 2.50 bits per heavy atom. The van der Waals surface area contributed by atoms with Crippen LogP contribution >= 0.6 is 11.6 Å². The highest BCUT2D eigenvalue weighted by Crippen LogP contribution is 2.29. The summed E-state index contributed by atoms with van der Waals surface area (Å²) in [6, 6.07) is 3.67. The van der Waals surface area contributed by atoms with Crippen molar-refractivity contribution in [1.82, 2.24) is 9.13 Å². The van der Waals surface area contributed by atoms with Crippen LogP contribution in [0.2, 0.25) is 5.02 Å². The number of benzene rings is 1. The van der Waals surface area contributed by atoms with Crippen LogP contribution < -0.4 is 16.0 Å². The third kappa shape index (κ3) is 3.53. The van der Waals surface area contributed by atoms with E-state index < -0.39 is 17.1 Å². The zero-order valence-electron chi connectivity index (χ0n) is 14.1. The average molecular weight is 355 g/mol. The van der Waals surface area contributed by atoms with Crippen LogP contribution in [0.3, 0.4) is 0 Å². The lowest BCUT2D eigenvalue weighted by Gasteiger charge is -2.15. The molecule has 0 unspecified atom stereocenters. The number of rotatable bonds is 5. The molecule has 1 aromatic heterocycles. The minimum Gasteiger partial charge on any atom is -0.489 e. The molecule has 0 amide bonds. The van der Waals surface area contributed by atoms with Gasteiger partial charge in [0.15, 0.2) is 0 Å². The van der Waals surface area contributed by atoms with Crippen LogP contribution in [0.5, 0.6) is 5.75 Å². The highest BCUT2D eigenvalue weighted by molar-refractivity contribution is 6.32. The summed E-state index contributed by atoms with van der Waals surface area (Å²) in [5.74, 6) is -0.548. The van der Waals surface area contributed by atoms with Gasteiger partial charge in [-0.3, -0.25) is 4.79 Å². The summed E-state index contributed by atoms with van der Waals surface area (Å²) in [5, 5.41) is 0.0810. The largest absolute Gasteiger partial charge is 0.489 e. The molecule has 5 nitrogen and oxygen atoms in total. The second kappa shape index (κ2) is 7.21. The van der Waals surface area contributed by atoms with Gasteiger partial charge in [0.1, 0.15) is 11.6 Å². The van der Waals surface area contributed by atoms with Gasteiger partial charge >= 0.3 is 5.69 Å². The van der Waals surface area contributed by atoms with Crippen LogP contribution in [0.1, 0.15) is 32.9 Å². The fourth-order valence-corrected chi connectivity index (χ4v) is 2.62. The monoisotopic (exact) mass is 354 g/mol. The summed E-state index contributed by atoms with van der Waals surface area (Å²) in [7, 11) is 1.56. The molecule has 130 valence electrons. The van der Waals surface area contributed by atoms with Crippen molar-refractivity contribution in [3.63, 3.8) is 0 Å². The van der Waals surface area contributed by atoms with Crippen molar-refractivity contribution in [1.29, 1.82) is 0 Å². The molecule has 0 saturated heterocycles. The van der Waals surface area contributed by atoms with Crippen molar-refractivity contribution < 1.29 is 9.13 Å². The molecule has 2 aromatic rings. The minimum atomic E-state index is -0.765. The molecule has 24 heavy (non-hydrogen) atoms. The summed E-state index contributed by atoms with van der Waals surface area (Å²) in [4.78, 5) is 24.9. The Morgan fingerprint density at radius 2 is 1.92 bits per heavy atom. The molecule has 1 heterocycles. The molecular weight excluding hydrogens is 335 g/mol. The lowest BCUT2D eigenvalue weighted by atomic mass is 10.2. The second-order valence-electron chi connectivity index (χ2n) is 5.80. The van der Waals surface area contributed by atoms with E-state index in [4.69, 9.17) is 16.3 Å². The average Bonchev–Trinajstić information content (AvgIpc) is 2.48. The molecule has 0 radical (unpaired) electrons. The number of ether oxygens (including phenoxy) is 1. The van der Waals surface area contributed by atoms with E-state index in [0.29, 0.717) is 12.1 Å². The predicted octanol–water partition coefficient (Wildman–Crippen LogP) is 3.07. The number of hydrogen-bond acceptors (Lipinski definition) is 3. The molecule has 0 spiro atoms. The Labute approximate surface area is 144 Å². The van der Waals surface area contributed by atoms with Gasteiger partial charge in [0.25, 0.3) is 5.56 Å². The lowest BCUT2D eigenvalue weighted by Crippen LogP contribution is -2.39. The zero-order valence-corrected chi connectivity index (χ0v) is 14.9. The van der Waals surface area contributed by atoms with Crippen molar-refractivity contribution in [2.24, 2.45) is 7.05 Å². The van der Waals surface area contributed by atoms with Gasteiger partial charge in [0.2, 0.25) is 0 Å². The quantitative estimate of drug-likeness (QED) is 0.829. The number of hydrogen-bond donors (Lipinski definition) is 0. The summed E-state index contributed by atoms with van der Waals surface area (Å²) in [6.45, 7) is 5.54. The van der Waals surface area contributed by atoms with Gasteiger partial charge in [0.05, 0.1) is 16.8 Å². The van der Waals surface area contributed by atoms with Crippen LogP contribution in [0, 0.1) is 5.82 Å². The van der Waals surface area contributed by atoms with E-state index >= 15 is 0 Å². The molecule has 7 heteroatoms. The summed E-state index contributed by atoms with van der Waals surface area (Å²) in [6.07, 6.45) is 1.19. The van der Waals surface area contributed by atoms with Gasteiger partial charge in [-0.2, -0.15) is 0 Å². The van der Waals surface area contributed by atoms with Gasteiger partial charge in [-0.25, -0.2) is 13.8 Å². The fourth-order valence-electron chi connectivity index (χ4n) is 2.42. The van der Waals surface area contributed by atoms with E-state index in [-0.39, 0.29) is 22.6 Å². The number of aromatic nitrogens is 2. The number of aryl methyl sites for hydroxylation is 1. The lowest BCUT2D eigenvalue weighted by molar-refractivity contribution is 0.242. The Morgan fingerprint density at radius 1 is 1.25 bits per heavy atom. The molecule has 0 aliphatic heterocycles.